The van der Waals surface area contributed by atoms with E-state index in [-0.39, 0.29) is 12.1 Å². The van der Waals surface area contributed by atoms with E-state index in [1.807, 2.05) is 0 Å². The molecule has 2 rings (SSSR count). The number of aliphatic hydroxyl groups is 1. The molecule has 0 aromatic heterocycles. The number of hydrogen-bond acceptors (Lipinski definition) is 3. The second-order valence-electron chi connectivity index (χ2n) is 7.19. The first-order valence-corrected chi connectivity index (χ1v) is 8.61. The molecule has 2 N–H and O–H groups in total. The maximum absolute atomic E-state index is 9.95. The number of aliphatic hydroxyl groups excluding tert-OH is 1. The van der Waals surface area contributed by atoms with Crippen molar-refractivity contribution in [3.8, 4) is 0 Å². The van der Waals surface area contributed by atoms with Gasteiger partial charge in [-0.05, 0) is 37.5 Å². The van der Waals surface area contributed by atoms with Crippen molar-refractivity contribution in [2.24, 2.45) is 11.8 Å². The van der Waals surface area contributed by atoms with Crippen molar-refractivity contribution in [2.45, 2.75) is 83.4 Å². The SMILES string of the molecule is CCC1CCCCC1OCC(CO)(NC(C)C)C1CC1. The molecular weight excluding hydrogens is 250 g/mol. The Hall–Kier alpha value is -0.120. The highest BCUT2D eigenvalue weighted by Gasteiger charge is 2.46. The maximum atomic E-state index is 9.95. The summed E-state index contributed by atoms with van der Waals surface area (Å²) in [6, 6.07) is 0.389. The minimum absolute atomic E-state index is 0.194. The molecule has 2 aliphatic rings. The summed E-state index contributed by atoms with van der Waals surface area (Å²) in [4.78, 5) is 0. The van der Waals surface area contributed by atoms with E-state index in [4.69, 9.17) is 4.74 Å². The van der Waals surface area contributed by atoms with Crippen molar-refractivity contribution >= 4 is 0 Å². The summed E-state index contributed by atoms with van der Waals surface area (Å²) in [5.41, 5.74) is -0.204. The van der Waals surface area contributed by atoms with Gasteiger partial charge >= 0.3 is 0 Å². The van der Waals surface area contributed by atoms with Gasteiger partial charge in [0.25, 0.3) is 0 Å². The van der Waals surface area contributed by atoms with Crippen molar-refractivity contribution in [1.82, 2.24) is 5.32 Å². The summed E-state index contributed by atoms with van der Waals surface area (Å²) in [6.07, 6.45) is 9.26. The molecule has 0 bridgehead atoms. The molecule has 2 aliphatic carbocycles. The van der Waals surface area contributed by atoms with Crippen molar-refractivity contribution in [2.75, 3.05) is 13.2 Å². The Morgan fingerprint density at radius 1 is 1.20 bits per heavy atom. The quantitative estimate of drug-likeness (QED) is 0.719. The predicted octanol–water partition coefficient (Wildman–Crippen LogP) is 3.11. The molecular formula is C17H33NO2. The van der Waals surface area contributed by atoms with Gasteiger partial charge in [-0.25, -0.2) is 0 Å². The highest BCUT2D eigenvalue weighted by molar-refractivity contribution is 5.02. The number of rotatable bonds is 8. The molecule has 2 saturated carbocycles. The molecule has 0 amide bonds. The lowest BCUT2D eigenvalue weighted by molar-refractivity contribution is -0.0585. The second-order valence-corrected chi connectivity index (χ2v) is 7.19. The Labute approximate surface area is 124 Å². The normalized spacial score (nSPS) is 30.4. The van der Waals surface area contributed by atoms with Crippen molar-refractivity contribution in [3.63, 3.8) is 0 Å². The Kier molecular flexibility index (Phi) is 5.88. The average Bonchev–Trinajstić information content (AvgIpc) is 3.28. The van der Waals surface area contributed by atoms with Gasteiger partial charge in [-0.15, -0.1) is 0 Å². The fraction of sp³-hybridized carbons (Fsp3) is 1.00. The summed E-state index contributed by atoms with van der Waals surface area (Å²) in [5.74, 6) is 1.32. The number of ether oxygens (including phenoxy) is 1. The second kappa shape index (κ2) is 7.24. The molecule has 118 valence electrons. The first-order chi connectivity index (χ1) is 9.61. The van der Waals surface area contributed by atoms with Crippen LogP contribution in [-0.2, 0) is 4.74 Å². The van der Waals surface area contributed by atoms with Crippen LogP contribution in [0.3, 0.4) is 0 Å². The van der Waals surface area contributed by atoms with Crippen LogP contribution in [0.5, 0.6) is 0 Å². The van der Waals surface area contributed by atoms with Gasteiger partial charge in [-0.1, -0.05) is 40.0 Å². The summed E-state index contributed by atoms with van der Waals surface area (Å²) < 4.78 is 6.32. The molecule has 3 heteroatoms. The largest absolute Gasteiger partial charge is 0.394 e. The van der Waals surface area contributed by atoms with Gasteiger partial charge in [0.2, 0.25) is 0 Å². The van der Waals surface area contributed by atoms with Gasteiger partial charge in [0.15, 0.2) is 0 Å². The zero-order valence-corrected chi connectivity index (χ0v) is 13.5. The molecule has 0 radical (unpaired) electrons. The van der Waals surface area contributed by atoms with Gasteiger partial charge in [0, 0.05) is 6.04 Å². The highest BCUT2D eigenvalue weighted by atomic mass is 16.5. The highest BCUT2D eigenvalue weighted by Crippen LogP contribution is 2.41. The molecule has 3 atom stereocenters. The molecule has 3 unspecified atom stereocenters. The third-order valence-corrected chi connectivity index (χ3v) is 5.14. The van der Waals surface area contributed by atoms with Crippen molar-refractivity contribution < 1.29 is 9.84 Å². The smallest absolute Gasteiger partial charge is 0.0681 e. The topological polar surface area (TPSA) is 41.5 Å². The fourth-order valence-corrected chi connectivity index (χ4v) is 3.82. The van der Waals surface area contributed by atoms with Gasteiger partial charge in [0.1, 0.15) is 0 Å². The van der Waals surface area contributed by atoms with E-state index < -0.39 is 0 Å². The van der Waals surface area contributed by atoms with Crippen LogP contribution in [-0.4, -0.2) is 36.0 Å². The third-order valence-electron chi connectivity index (χ3n) is 5.14. The van der Waals surface area contributed by atoms with E-state index in [1.54, 1.807) is 0 Å². The van der Waals surface area contributed by atoms with Crippen LogP contribution in [0.2, 0.25) is 0 Å². The van der Waals surface area contributed by atoms with Crippen LogP contribution < -0.4 is 5.32 Å². The molecule has 0 saturated heterocycles. The lowest BCUT2D eigenvalue weighted by Gasteiger charge is -2.39. The van der Waals surface area contributed by atoms with Crippen LogP contribution in [0.1, 0.15) is 65.7 Å². The van der Waals surface area contributed by atoms with E-state index in [9.17, 15) is 5.11 Å². The lowest BCUT2D eigenvalue weighted by Crippen LogP contribution is -2.57. The Bertz CT molecular complexity index is 291. The molecule has 0 spiro atoms. The standard InChI is InChI=1S/C17H33NO2/c1-4-14-7-5-6-8-16(14)20-12-17(11-19,15-9-10-15)18-13(2)3/h13-16,18-19H,4-12H2,1-3H3. The van der Waals surface area contributed by atoms with Crippen molar-refractivity contribution in [1.29, 1.82) is 0 Å². The van der Waals surface area contributed by atoms with Crippen LogP contribution in [0.15, 0.2) is 0 Å². The lowest BCUT2D eigenvalue weighted by atomic mass is 9.84. The summed E-state index contributed by atoms with van der Waals surface area (Å²) in [7, 11) is 0. The van der Waals surface area contributed by atoms with Crippen molar-refractivity contribution in [3.05, 3.63) is 0 Å². The van der Waals surface area contributed by atoms with Gasteiger partial charge in [0.05, 0.1) is 24.9 Å². The van der Waals surface area contributed by atoms with Crippen LogP contribution in [0.4, 0.5) is 0 Å². The Balaban J connectivity index is 1.93. The van der Waals surface area contributed by atoms with E-state index in [0.717, 1.165) is 5.92 Å². The summed E-state index contributed by atoms with van der Waals surface area (Å²) in [6.45, 7) is 7.45. The van der Waals surface area contributed by atoms with E-state index >= 15 is 0 Å². The molecule has 0 heterocycles. The van der Waals surface area contributed by atoms with Gasteiger partial charge in [-0.2, -0.15) is 0 Å². The molecule has 0 aromatic carbocycles. The molecule has 0 aromatic rings. The monoisotopic (exact) mass is 283 g/mol. The van der Waals surface area contributed by atoms with Crippen LogP contribution in [0, 0.1) is 11.8 Å². The van der Waals surface area contributed by atoms with E-state index in [2.05, 4.69) is 26.1 Å². The fourth-order valence-electron chi connectivity index (χ4n) is 3.82. The zero-order chi connectivity index (χ0) is 14.6. The van der Waals surface area contributed by atoms with Crippen LogP contribution >= 0.6 is 0 Å². The Morgan fingerprint density at radius 3 is 2.45 bits per heavy atom. The maximum Gasteiger partial charge on any atom is 0.0681 e. The minimum Gasteiger partial charge on any atom is -0.394 e. The molecule has 2 fully saturated rings. The predicted molar refractivity (Wildman–Crippen MR) is 82.8 cm³/mol. The van der Waals surface area contributed by atoms with E-state index in [1.165, 1.54) is 44.9 Å². The van der Waals surface area contributed by atoms with Crippen LogP contribution in [0.25, 0.3) is 0 Å². The first-order valence-electron chi connectivity index (χ1n) is 8.61. The Morgan fingerprint density at radius 2 is 1.90 bits per heavy atom. The summed E-state index contributed by atoms with van der Waals surface area (Å²) in [5, 5.41) is 13.5. The average molecular weight is 283 g/mol. The molecule has 0 aliphatic heterocycles. The minimum atomic E-state index is -0.204. The summed E-state index contributed by atoms with van der Waals surface area (Å²) >= 11 is 0. The van der Waals surface area contributed by atoms with Gasteiger partial charge < -0.3 is 15.2 Å². The molecule has 3 nitrogen and oxygen atoms in total. The van der Waals surface area contributed by atoms with Gasteiger partial charge in [-0.3, -0.25) is 0 Å². The third kappa shape index (κ3) is 3.96. The van der Waals surface area contributed by atoms with E-state index in [0.29, 0.717) is 24.7 Å². The number of hydrogen-bond donors (Lipinski definition) is 2. The number of nitrogens with one attached hydrogen (secondary N) is 1. The zero-order valence-electron chi connectivity index (χ0n) is 13.5. The first kappa shape index (κ1) is 16.3. The molecule has 20 heavy (non-hydrogen) atoms.